The van der Waals surface area contributed by atoms with Gasteiger partial charge >= 0.3 is 11.9 Å². The standard InChI is InChI=1S/C26H46O4/c1-2-3-4-5-6-7-8-9-10-11-12-13-14-15-16-17-18-19-20-21-22-24(26(29)30)23-25(27)28/h21-23H,2-20H2,1H3,(H,27,28)(H,29,30)/b22-21?,24-23-. The van der Waals surface area contributed by atoms with Gasteiger partial charge in [-0.1, -0.05) is 128 Å². The minimum Gasteiger partial charge on any atom is -0.478 e. The minimum atomic E-state index is -1.23. The van der Waals surface area contributed by atoms with E-state index in [4.69, 9.17) is 10.2 Å². The van der Waals surface area contributed by atoms with E-state index in [1.54, 1.807) is 6.08 Å². The van der Waals surface area contributed by atoms with E-state index in [1.807, 2.05) is 0 Å². The molecule has 0 aliphatic rings. The fraction of sp³-hybridized carbons (Fsp3) is 0.769. The molecular formula is C26H46O4. The zero-order valence-corrected chi connectivity index (χ0v) is 19.4. The van der Waals surface area contributed by atoms with Gasteiger partial charge in [-0.15, -0.1) is 0 Å². The van der Waals surface area contributed by atoms with E-state index in [0.717, 1.165) is 25.3 Å². The van der Waals surface area contributed by atoms with Crippen molar-refractivity contribution in [1.82, 2.24) is 0 Å². The van der Waals surface area contributed by atoms with E-state index >= 15 is 0 Å². The first-order valence-electron chi connectivity index (χ1n) is 12.4. The number of aliphatic carboxylic acids is 2. The normalized spacial score (nSPS) is 12.0. The molecule has 4 heteroatoms. The second-order valence-corrected chi connectivity index (χ2v) is 8.44. The molecule has 0 aliphatic heterocycles. The molecule has 0 radical (unpaired) electrons. The molecule has 0 saturated heterocycles. The van der Waals surface area contributed by atoms with Crippen LogP contribution < -0.4 is 0 Å². The van der Waals surface area contributed by atoms with Crippen molar-refractivity contribution in [2.75, 3.05) is 0 Å². The summed E-state index contributed by atoms with van der Waals surface area (Å²) in [6, 6.07) is 0. The minimum absolute atomic E-state index is 0.176. The van der Waals surface area contributed by atoms with Crippen LogP contribution >= 0.6 is 0 Å². The van der Waals surface area contributed by atoms with E-state index < -0.39 is 11.9 Å². The van der Waals surface area contributed by atoms with E-state index in [9.17, 15) is 9.59 Å². The smallest absolute Gasteiger partial charge is 0.335 e. The van der Waals surface area contributed by atoms with Crippen LogP contribution in [0.2, 0.25) is 0 Å². The molecule has 30 heavy (non-hydrogen) atoms. The fourth-order valence-corrected chi connectivity index (χ4v) is 3.69. The zero-order chi connectivity index (χ0) is 22.3. The topological polar surface area (TPSA) is 74.6 Å². The molecule has 174 valence electrons. The summed E-state index contributed by atoms with van der Waals surface area (Å²) in [5.41, 5.74) is -0.176. The highest BCUT2D eigenvalue weighted by Crippen LogP contribution is 2.14. The predicted octanol–water partition coefficient (Wildman–Crippen LogP) is 8.07. The number of unbranched alkanes of at least 4 members (excludes halogenated alkanes) is 18. The molecule has 0 aliphatic carbocycles. The van der Waals surface area contributed by atoms with E-state index in [0.29, 0.717) is 0 Å². The Morgan fingerprint density at radius 3 is 1.30 bits per heavy atom. The molecule has 0 saturated carbocycles. The van der Waals surface area contributed by atoms with Gasteiger partial charge < -0.3 is 10.2 Å². The van der Waals surface area contributed by atoms with Gasteiger partial charge in [-0.2, -0.15) is 0 Å². The summed E-state index contributed by atoms with van der Waals surface area (Å²) >= 11 is 0. The van der Waals surface area contributed by atoms with E-state index in [2.05, 4.69) is 6.92 Å². The number of carboxylic acids is 2. The Bertz CT molecular complexity index is 479. The van der Waals surface area contributed by atoms with Gasteiger partial charge in [0.2, 0.25) is 0 Å². The van der Waals surface area contributed by atoms with Crippen molar-refractivity contribution in [3.8, 4) is 0 Å². The van der Waals surface area contributed by atoms with Crippen LogP contribution in [0, 0.1) is 0 Å². The number of hydrogen-bond donors (Lipinski definition) is 2. The highest BCUT2D eigenvalue weighted by atomic mass is 16.4. The number of carbonyl (C=O) groups is 2. The first-order chi connectivity index (χ1) is 14.6. The maximum absolute atomic E-state index is 10.9. The second kappa shape index (κ2) is 22.1. The number of hydrogen-bond acceptors (Lipinski definition) is 2. The van der Waals surface area contributed by atoms with E-state index in [-0.39, 0.29) is 5.57 Å². The SMILES string of the molecule is CCCCCCCCCCCCCCCCCCCCC=C/C(=C/C(=O)O)C(=O)O. The van der Waals surface area contributed by atoms with Crippen LogP contribution in [-0.2, 0) is 9.59 Å². The largest absolute Gasteiger partial charge is 0.478 e. The van der Waals surface area contributed by atoms with Gasteiger partial charge in [0.25, 0.3) is 0 Å². The summed E-state index contributed by atoms with van der Waals surface area (Å²) in [4.78, 5) is 21.4. The average molecular weight is 423 g/mol. The summed E-state index contributed by atoms with van der Waals surface area (Å²) in [6.07, 6.45) is 28.9. The lowest BCUT2D eigenvalue weighted by Gasteiger charge is -2.03. The second-order valence-electron chi connectivity index (χ2n) is 8.44. The lowest BCUT2D eigenvalue weighted by atomic mass is 10.0. The maximum atomic E-state index is 10.9. The van der Waals surface area contributed by atoms with Gasteiger partial charge in [-0.05, 0) is 12.8 Å². The number of allylic oxidation sites excluding steroid dienone is 1. The lowest BCUT2D eigenvalue weighted by Crippen LogP contribution is -2.01. The Hall–Kier alpha value is -1.58. The van der Waals surface area contributed by atoms with Gasteiger partial charge in [-0.3, -0.25) is 0 Å². The van der Waals surface area contributed by atoms with Crippen molar-refractivity contribution in [3.05, 3.63) is 23.8 Å². The Labute approximate surface area is 184 Å². The highest BCUT2D eigenvalue weighted by Gasteiger charge is 2.04. The molecule has 0 aromatic rings. The van der Waals surface area contributed by atoms with Crippen LogP contribution in [0.3, 0.4) is 0 Å². The first kappa shape index (κ1) is 28.4. The predicted molar refractivity (Wildman–Crippen MR) is 126 cm³/mol. The molecule has 0 bridgehead atoms. The van der Waals surface area contributed by atoms with Crippen LogP contribution in [0.5, 0.6) is 0 Å². The van der Waals surface area contributed by atoms with Gasteiger partial charge in [0.15, 0.2) is 0 Å². The summed E-state index contributed by atoms with van der Waals surface area (Å²) in [5, 5.41) is 17.5. The quantitative estimate of drug-likeness (QED) is 0.105. The summed E-state index contributed by atoms with van der Waals surface area (Å²) in [6.45, 7) is 2.27. The summed E-state index contributed by atoms with van der Waals surface area (Å²) in [7, 11) is 0. The first-order valence-corrected chi connectivity index (χ1v) is 12.4. The highest BCUT2D eigenvalue weighted by molar-refractivity contribution is 5.96. The van der Waals surface area contributed by atoms with Crippen LogP contribution in [0.15, 0.2) is 23.8 Å². The van der Waals surface area contributed by atoms with Crippen molar-refractivity contribution in [3.63, 3.8) is 0 Å². The molecule has 0 fully saturated rings. The molecule has 0 amide bonds. The number of carboxylic acid groups (broad SMARTS) is 2. The third kappa shape index (κ3) is 21.1. The molecule has 0 aromatic carbocycles. The van der Waals surface area contributed by atoms with Crippen LogP contribution in [0.25, 0.3) is 0 Å². The third-order valence-electron chi connectivity index (χ3n) is 5.55. The summed E-state index contributed by atoms with van der Waals surface area (Å²) in [5.74, 6) is -2.43. The van der Waals surface area contributed by atoms with Gasteiger partial charge in [0.1, 0.15) is 0 Å². The van der Waals surface area contributed by atoms with E-state index in [1.165, 1.54) is 109 Å². The van der Waals surface area contributed by atoms with Crippen molar-refractivity contribution in [2.24, 2.45) is 0 Å². The van der Waals surface area contributed by atoms with Crippen LogP contribution in [0.1, 0.15) is 129 Å². The monoisotopic (exact) mass is 422 g/mol. The third-order valence-corrected chi connectivity index (χ3v) is 5.55. The zero-order valence-electron chi connectivity index (χ0n) is 19.4. The molecule has 0 atom stereocenters. The Morgan fingerprint density at radius 1 is 0.600 bits per heavy atom. The lowest BCUT2D eigenvalue weighted by molar-refractivity contribution is -0.134. The van der Waals surface area contributed by atoms with Gasteiger partial charge in [-0.25, -0.2) is 9.59 Å². The van der Waals surface area contributed by atoms with Crippen LogP contribution in [0.4, 0.5) is 0 Å². The van der Waals surface area contributed by atoms with Gasteiger partial charge in [0.05, 0.1) is 5.57 Å². The average Bonchev–Trinajstić information content (AvgIpc) is 2.71. The number of rotatable bonds is 22. The molecule has 4 nitrogen and oxygen atoms in total. The molecule has 0 aromatic heterocycles. The molecule has 0 rings (SSSR count). The van der Waals surface area contributed by atoms with Crippen molar-refractivity contribution < 1.29 is 19.8 Å². The molecule has 0 spiro atoms. The maximum Gasteiger partial charge on any atom is 0.335 e. The molecule has 0 unspecified atom stereocenters. The Kier molecular flexibility index (Phi) is 20.9. The molecular weight excluding hydrogens is 376 g/mol. The fourth-order valence-electron chi connectivity index (χ4n) is 3.69. The van der Waals surface area contributed by atoms with Crippen LogP contribution in [-0.4, -0.2) is 22.2 Å². The Balaban J connectivity index is 3.32. The Morgan fingerprint density at radius 2 is 0.967 bits per heavy atom. The van der Waals surface area contributed by atoms with Crippen molar-refractivity contribution in [1.29, 1.82) is 0 Å². The van der Waals surface area contributed by atoms with Gasteiger partial charge in [0, 0.05) is 6.08 Å². The summed E-state index contributed by atoms with van der Waals surface area (Å²) < 4.78 is 0. The molecule has 2 N–H and O–H groups in total. The van der Waals surface area contributed by atoms with Crippen molar-refractivity contribution in [2.45, 2.75) is 129 Å². The van der Waals surface area contributed by atoms with Crippen molar-refractivity contribution >= 4 is 11.9 Å². The molecule has 0 heterocycles.